The van der Waals surface area contributed by atoms with E-state index in [1.54, 1.807) is 35.4 Å². The van der Waals surface area contributed by atoms with Crippen molar-refractivity contribution in [1.82, 2.24) is 19.2 Å². The quantitative estimate of drug-likeness (QED) is 0.465. The van der Waals surface area contributed by atoms with Gasteiger partial charge in [-0.05, 0) is 37.0 Å². The van der Waals surface area contributed by atoms with Gasteiger partial charge in [-0.25, -0.2) is 18.9 Å². The van der Waals surface area contributed by atoms with E-state index in [0.29, 0.717) is 48.5 Å². The van der Waals surface area contributed by atoms with E-state index >= 15 is 0 Å². The molecule has 2 aliphatic rings. The van der Waals surface area contributed by atoms with E-state index in [1.807, 2.05) is 0 Å². The normalized spacial score (nSPS) is 18.0. The molecule has 0 spiro atoms. The predicted molar refractivity (Wildman–Crippen MR) is 115 cm³/mol. The molecule has 1 atom stereocenters. The molecule has 1 aliphatic heterocycles. The summed E-state index contributed by atoms with van der Waals surface area (Å²) >= 11 is 0. The topological polar surface area (TPSA) is 117 Å². The van der Waals surface area contributed by atoms with Crippen molar-refractivity contribution in [2.24, 2.45) is 5.92 Å². The molecule has 172 valence electrons. The molecule has 2 fully saturated rings. The highest BCUT2D eigenvalue weighted by Gasteiger charge is 2.34. The van der Waals surface area contributed by atoms with Crippen LogP contribution >= 0.6 is 0 Å². The molecule has 1 amide bonds. The van der Waals surface area contributed by atoms with Crippen LogP contribution in [0.1, 0.15) is 19.3 Å². The lowest BCUT2D eigenvalue weighted by Gasteiger charge is -2.17. The van der Waals surface area contributed by atoms with Crippen molar-refractivity contribution in [3.63, 3.8) is 0 Å². The number of esters is 1. The molecule has 0 N–H and O–H groups in total. The fraction of sp³-hybridized carbons (Fsp3) is 0.409. The lowest BCUT2D eigenvalue weighted by Crippen LogP contribution is -2.32. The minimum atomic E-state index is -0.653. The molecule has 4 heterocycles. The zero-order valence-electron chi connectivity index (χ0n) is 18.0. The van der Waals surface area contributed by atoms with Gasteiger partial charge in [-0.3, -0.25) is 9.59 Å². The van der Waals surface area contributed by atoms with E-state index in [1.165, 1.54) is 30.5 Å². The summed E-state index contributed by atoms with van der Waals surface area (Å²) in [6, 6.07) is 6.81. The zero-order chi connectivity index (χ0) is 22.9. The third kappa shape index (κ3) is 4.38. The van der Waals surface area contributed by atoms with Crippen molar-refractivity contribution in [3.8, 4) is 11.6 Å². The maximum atomic E-state index is 13.0. The molecule has 5 rings (SSSR count). The molecule has 1 saturated carbocycles. The molecule has 0 aromatic carbocycles. The second-order valence-electron chi connectivity index (χ2n) is 8.10. The number of ether oxygens (including phenoxy) is 3. The van der Waals surface area contributed by atoms with E-state index in [2.05, 4.69) is 14.8 Å². The summed E-state index contributed by atoms with van der Waals surface area (Å²) in [5, 5.41) is 4.11. The van der Waals surface area contributed by atoms with Gasteiger partial charge >= 0.3 is 11.7 Å². The van der Waals surface area contributed by atoms with E-state index < -0.39 is 17.8 Å². The Kier molecular flexibility index (Phi) is 5.45. The molecule has 0 bridgehead atoms. The number of anilines is 1. The SMILES string of the molecule is COC(=O)Cn1nc2ccc(N3CCC(Oc4ccc(OCC5CC5)nc4)C3=O)cn2c1=O. The number of pyridine rings is 2. The van der Waals surface area contributed by atoms with Gasteiger partial charge in [0.2, 0.25) is 5.88 Å². The number of carbonyl (C=O) groups is 2. The van der Waals surface area contributed by atoms with Crippen LogP contribution in [0.5, 0.6) is 11.6 Å². The summed E-state index contributed by atoms with van der Waals surface area (Å²) in [5.41, 5.74) is 0.411. The van der Waals surface area contributed by atoms with Gasteiger partial charge in [-0.2, -0.15) is 0 Å². The lowest BCUT2D eigenvalue weighted by atomic mass is 10.3. The molecule has 11 heteroatoms. The minimum absolute atomic E-state index is 0.210. The first-order valence-corrected chi connectivity index (χ1v) is 10.7. The number of amides is 1. The maximum absolute atomic E-state index is 13.0. The Morgan fingerprint density at radius 3 is 2.73 bits per heavy atom. The summed E-state index contributed by atoms with van der Waals surface area (Å²) in [4.78, 5) is 42.8. The van der Waals surface area contributed by atoms with Gasteiger partial charge in [0.1, 0.15) is 12.3 Å². The zero-order valence-corrected chi connectivity index (χ0v) is 18.0. The van der Waals surface area contributed by atoms with E-state index in [-0.39, 0.29) is 12.5 Å². The second-order valence-corrected chi connectivity index (χ2v) is 8.10. The number of fused-ring (bicyclic) bond motifs is 1. The highest BCUT2D eigenvalue weighted by atomic mass is 16.5. The van der Waals surface area contributed by atoms with Gasteiger partial charge in [0, 0.05) is 25.2 Å². The highest BCUT2D eigenvalue weighted by Crippen LogP contribution is 2.29. The minimum Gasteiger partial charge on any atom is -0.479 e. The van der Waals surface area contributed by atoms with Crippen LogP contribution < -0.4 is 20.1 Å². The number of carbonyl (C=O) groups excluding carboxylic acids is 2. The van der Waals surface area contributed by atoms with Crippen LogP contribution in [0.2, 0.25) is 0 Å². The number of nitrogens with zero attached hydrogens (tertiary/aromatic N) is 5. The van der Waals surface area contributed by atoms with Crippen molar-refractivity contribution in [2.45, 2.75) is 31.9 Å². The number of hydrogen-bond donors (Lipinski definition) is 0. The van der Waals surface area contributed by atoms with Crippen molar-refractivity contribution < 1.29 is 23.8 Å². The second kappa shape index (κ2) is 8.57. The predicted octanol–water partition coefficient (Wildman–Crippen LogP) is 1.04. The third-order valence-electron chi connectivity index (χ3n) is 5.69. The van der Waals surface area contributed by atoms with Crippen molar-refractivity contribution in [3.05, 3.63) is 47.1 Å². The monoisotopic (exact) mass is 453 g/mol. The number of hydrogen-bond acceptors (Lipinski definition) is 8. The fourth-order valence-corrected chi connectivity index (χ4v) is 3.65. The average molecular weight is 453 g/mol. The van der Waals surface area contributed by atoms with E-state index in [0.717, 1.165) is 4.68 Å². The maximum Gasteiger partial charge on any atom is 0.350 e. The molecular weight excluding hydrogens is 430 g/mol. The Morgan fingerprint density at radius 2 is 2.00 bits per heavy atom. The third-order valence-corrected chi connectivity index (χ3v) is 5.69. The van der Waals surface area contributed by atoms with E-state index in [9.17, 15) is 14.4 Å². The van der Waals surface area contributed by atoms with Gasteiger partial charge in [-0.15, -0.1) is 5.10 Å². The number of aromatic nitrogens is 4. The smallest absolute Gasteiger partial charge is 0.350 e. The lowest BCUT2D eigenvalue weighted by molar-refractivity contribution is -0.141. The molecule has 3 aromatic rings. The molecule has 1 aliphatic carbocycles. The van der Waals surface area contributed by atoms with Crippen molar-refractivity contribution in [1.29, 1.82) is 0 Å². The van der Waals surface area contributed by atoms with Crippen molar-refractivity contribution in [2.75, 3.05) is 25.2 Å². The first-order chi connectivity index (χ1) is 16.0. The van der Waals surface area contributed by atoms with Crippen molar-refractivity contribution >= 4 is 23.2 Å². The molecule has 0 radical (unpaired) electrons. The molecule has 11 nitrogen and oxygen atoms in total. The summed E-state index contributed by atoms with van der Waals surface area (Å²) in [6.45, 7) is 0.831. The Morgan fingerprint density at radius 1 is 1.15 bits per heavy atom. The van der Waals surface area contributed by atoms with E-state index in [4.69, 9.17) is 9.47 Å². The highest BCUT2D eigenvalue weighted by molar-refractivity contribution is 5.99. The number of rotatable bonds is 8. The molecule has 3 aromatic heterocycles. The summed E-state index contributed by atoms with van der Waals surface area (Å²) < 4.78 is 18.4. The largest absolute Gasteiger partial charge is 0.479 e. The summed E-state index contributed by atoms with van der Waals surface area (Å²) in [6.07, 6.45) is 5.34. The van der Waals surface area contributed by atoms with Crippen LogP contribution in [0.4, 0.5) is 5.69 Å². The summed E-state index contributed by atoms with van der Waals surface area (Å²) in [7, 11) is 1.24. The van der Waals surface area contributed by atoms with Gasteiger partial charge in [0.15, 0.2) is 11.8 Å². The fourth-order valence-electron chi connectivity index (χ4n) is 3.65. The van der Waals surface area contributed by atoms with Crippen LogP contribution in [0.3, 0.4) is 0 Å². The standard InChI is InChI=1S/C22H23N5O6/c1-31-20(28)12-27-22(30)26-11-15(4-6-18(26)24-27)25-9-8-17(21(25)29)33-16-5-7-19(23-10-16)32-13-14-2-3-14/h4-7,10-11,14,17H,2-3,8-9,12-13H2,1H3. The first kappa shape index (κ1) is 21.0. The molecule has 1 unspecified atom stereocenters. The van der Waals surface area contributed by atoms with Crippen LogP contribution in [-0.4, -0.2) is 57.4 Å². The Hall–Kier alpha value is -3.89. The van der Waals surface area contributed by atoms with Gasteiger partial charge in [-0.1, -0.05) is 0 Å². The van der Waals surface area contributed by atoms with Gasteiger partial charge in [0.25, 0.3) is 5.91 Å². The first-order valence-electron chi connectivity index (χ1n) is 10.7. The Balaban J connectivity index is 1.26. The van der Waals surface area contributed by atoms with Gasteiger partial charge < -0.3 is 19.1 Å². The Labute approximate surface area is 188 Å². The van der Waals surface area contributed by atoms with Crippen LogP contribution in [0.15, 0.2) is 41.5 Å². The van der Waals surface area contributed by atoms with Gasteiger partial charge in [0.05, 0.1) is 25.6 Å². The average Bonchev–Trinajstić information content (AvgIpc) is 3.53. The summed E-state index contributed by atoms with van der Waals surface area (Å²) in [5.74, 6) is 0.887. The number of methoxy groups -OCH3 is 1. The Bertz CT molecular complexity index is 1250. The molecule has 1 saturated heterocycles. The van der Waals surface area contributed by atoms with Crippen LogP contribution in [0, 0.1) is 5.92 Å². The molecule has 33 heavy (non-hydrogen) atoms. The van der Waals surface area contributed by atoms with Crippen LogP contribution in [-0.2, 0) is 20.9 Å². The van der Waals surface area contributed by atoms with Crippen LogP contribution in [0.25, 0.3) is 5.65 Å². The molecular formula is C22H23N5O6.